The van der Waals surface area contributed by atoms with E-state index in [4.69, 9.17) is 4.98 Å². The number of likely N-dealkylation sites (tertiary alicyclic amines) is 1. The van der Waals surface area contributed by atoms with E-state index in [0.717, 1.165) is 30.3 Å². The molecule has 28 heavy (non-hydrogen) atoms. The fourth-order valence-electron chi connectivity index (χ4n) is 3.77. The molecule has 3 rings (SSSR count). The molecule has 0 saturated carbocycles. The van der Waals surface area contributed by atoms with E-state index in [2.05, 4.69) is 36.7 Å². The van der Waals surface area contributed by atoms with Gasteiger partial charge in [0, 0.05) is 23.6 Å². The Morgan fingerprint density at radius 1 is 1.36 bits per heavy atom. The van der Waals surface area contributed by atoms with Gasteiger partial charge in [-0.2, -0.15) is 0 Å². The van der Waals surface area contributed by atoms with Gasteiger partial charge in [0.25, 0.3) is 5.56 Å². The summed E-state index contributed by atoms with van der Waals surface area (Å²) in [5.74, 6) is 0.784. The molecular weight excluding hydrogens is 438 g/mol. The first-order chi connectivity index (χ1) is 13.4. The Morgan fingerprint density at radius 2 is 2.14 bits per heavy atom. The lowest BCUT2D eigenvalue weighted by Gasteiger charge is -2.35. The van der Waals surface area contributed by atoms with Crippen LogP contribution in [0.2, 0.25) is 0 Å². The minimum Gasteiger partial charge on any atom is -0.339 e. The van der Waals surface area contributed by atoms with Gasteiger partial charge in [0.1, 0.15) is 0 Å². The van der Waals surface area contributed by atoms with E-state index in [0.29, 0.717) is 40.3 Å². The fourth-order valence-corrected chi connectivity index (χ4v) is 5.03. The zero-order valence-electron chi connectivity index (χ0n) is 16.8. The normalized spacial score (nSPS) is 17.5. The molecule has 1 aromatic heterocycles. The molecule has 1 atom stereocenters. The zero-order valence-corrected chi connectivity index (χ0v) is 19.2. The molecule has 1 saturated heterocycles. The average molecular weight is 466 g/mol. The van der Waals surface area contributed by atoms with Crippen molar-refractivity contribution in [3.05, 3.63) is 33.0 Å². The van der Waals surface area contributed by atoms with E-state index >= 15 is 0 Å². The highest BCUT2D eigenvalue weighted by Gasteiger charge is 2.25. The van der Waals surface area contributed by atoms with Gasteiger partial charge in [-0.3, -0.25) is 14.2 Å². The van der Waals surface area contributed by atoms with Crippen LogP contribution in [0.4, 0.5) is 0 Å². The van der Waals surface area contributed by atoms with Crippen molar-refractivity contribution in [2.75, 3.05) is 12.3 Å². The molecule has 0 spiro atoms. The topological polar surface area (TPSA) is 55.2 Å². The summed E-state index contributed by atoms with van der Waals surface area (Å²) in [6, 6.07) is 5.91. The Balaban J connectivity index is 1.88. The van der Waals surface area contributed by atoms with Gasteiger partial charge in [0.15, 0.2) is 5.16 Å². The number of rotatable bonds is 6. The van der Waals surface area contributed by atoms with Crippen LogP contribution in [0, 0.1) is 5.92 Å². The number of carbonyl (C=O) groups is 1. The molecule has 0 aliphatic carbocycles. The maximum absolute atomic E-state index is 13.1. The minimum atomic E-state index is -0.0423. The molecule has 0 radical (unpaired) electrons. The van der Waals surface area contributed by atoms with Crippen LogP contribution in [0.1, 0.15) is 46.5 Å². The van der Waals surface area contributed by atoms with Crippen molar-refractivity contribution in [1.82, 2.24) is 14.5 Å². The summed E-state index contributed by atoms with van der Waals surface area (Å²) >= 11 is 4.82. The molecule has 0 N–H and O–H groups in total. The van der Waals surface area contributed by atoms with Crippen LogP contribution in [0.5, 0.6) is 0 Å². The largest absolute Gasteiger partial charge is 0.339 e. The van der Waals surface area contributed by atoms with Crippen LogP contribution < -0.4 is 5.56 Å². The number of aromatic nitrogens is 2. The van der Waals surface area contributed by atoms with Crippen molar-refractivity contribution in [2.45, 2.75) is 64.2 Å². The molecule has 152 valence electrons. The summed E-state index contributed by atoms with van der Waals surface area (Å²) in [6.45, 7) is 7.74. The van der Waals surface area contributed by atoms with Crippen LogP contribution in [0.25, 0.3) is 10.9 Å². The third kappa shape index (κ3) is 4.79. The van der Waals surface area contributed by atoms with E-state index < -0.39 is 0 Å². The van der Waals surface area contributed by atoms with Crippen molar-refractivity contribution in [2.24, 2.45) is 5.92 Å². The van der Waals surface area contributed by atoms with E-state index in [1.54, 1.807) is 4.57 Å². The second-order valence-corrected chi connectivity index (χ2v) is 9.66. The molecule has 1 aliphatic rings. The fraction of sp³-hybridized carbons (Fsp3) is 0.571. The standard InChI is InChI=1S/C21H28BrN3O2S/c1-4-16-7-5-6-10-24(16)19(26)13-28-21-23-18-9-8-15(22)11-17(18)20(27)25(21)12-14(2)3/h8-9,11,14,16H,4-7,10,12-13H2,1-3H3. The number of hydrogen-bond acceptors (Lipinski definition) is 4. The number of benzene rings is 1. The second kappa shape index (κ2) is 9.44. The van der Waals surface area contributed by atoms with E-state index in [1.165, 1.54) is 18.2 Å². The number of fused-ring (bicyclic) bond motifs is 1. The summed E-state index contributed by atoms with van der Waals surface area (Å²) in [5, 5.41) is 1.24. The lowest BCUT2D eigenvalue weighted by molar-refractivity contribution is -0.132. The van der Waals surface area contributed by atoms with E-state index in [9.17, 15) is 9.59 Å². The first-order valence-electron chi connectivity index (χ1n) is 10.0. The van der Waals surface area contributed by atoms with Crippen molar-refractivity contribution >= 4 is 44.5 Å². The Labute approximate surface area is 179 Å². The number of piperidine rings is 1. The van der Waals surface area contributed by atoms with Gasteiger partial charge in [-0.05, 0) is 49.8 Å². The third-order valence-corrected chi connectivity index (χ3v) is 6.63. The molecule has 1 fully saturated rings. The maximum Gasteiger partial charge on any atom is 0.262 e. The molecule has 1 aliphatic heterocycles. The van der Waals surface area contributed by atoms with Gasteiger partial charge in [-0.1, -0.05) is 48.5 Å². The predicted molar refractivity (Wildman–Crippen MR) is 119 cm³/mol. The van der Waals surface area contributed by atoms with Gasteiger partial charge < -0.3 is 4.90 Å². The van der Waals surface area contributed by atoms with Crippen LogP contribution in [-0.4, -0.2) is 38.7 Å². The number of hydrogen-bond donors (Lipinski definition) is 0. The maximum atomic E-state index is 13.1. The molecular formula is C21H28BrN3O2S. The predicted octanol–water partition coefficient (Wildman–Crippen LogP) is 4.70. The third-order valence-electron chi connectivity index (χ3n) is 5.17. The van der Waals surface area contributed by atoms with E-state index in [1.807, 2.05) is 23.1 Å². The molecule has 7 heteroatoms. The number of carbonyl (C=O) groups excluding carboxylic acids is 1. The Kier molecular flexibility index (Phi) is 7.20. The molecule has 5 nitrogen and oxygen atoms in total. The lowest BCUT2D eigenvalue weighted by atomic mass is 10.0. The summed E-state index contributed by atoms with van der Waals surface area (Å²) in [5.41, 5.74) is 0.631. The highest BCUT2D eigenvalue weighted by Crippen LogP contribution is 2.24. The van der Waals surface area contributed by atoms with Crippen molar-refractivity contribution in [3.8, 4) is 0 Å². The van der Waals surface area contributed by atoms with Crippen LogP contribution in [0.15, 0.2) is 32.6 Å². The Bertz CT molecular complexity index is 912. The quantitative estimate of drug-likeness (QED) is 0.458. The summed E-state index contributed by atoms with van der Waals surface area (Å²) in [7, 11) is 0. The molecule has 2 heterocycles. The van der Waals surface area contributed by atoms with Crippen molar-refractivity contribution in [3.63, 3.8) is 0 Å². The van der Waals surface area contributed by atoms with E-state index in [-0.39, 0.29) is 11.5 Å². The summed E-state index contributed by atoms with van der Waals surface area (Å²) in [4.78, 5) is 32.7. The highest BCUT2D eigenvalue weighted by atomic mass is 79.9. The minimum absolute atomic E-state index is 0.0423. The number of halogens is 1. The van der Waals surface area contributed by atoms with Gasteiger partial charge in [0.2, 0.25) is 5.91 Å². The smallest absolute Gasteiger partial charge is 0.262 e. The summed E-state index contributed by atoms with van der Waals surface area (Å²) < 4.78 is 2.59. The Morgan fingerprint density at radius 3 is 2.86 bits per heavy atom. The van der Waals surface area contributed by atoms with Gasteiger partial charge in [-0.25, -0.2) is 4.98 Å². The molecule has 0 bridgehead atoms. The number of thioether (sulfide) groups is 1. The zero-order chi connectivity index (χ0) is 20.3. The van der Waals surface area contributed by atoms with Crippen LogP contribution in [-0.2, 0) is 11.3 Å². The first-order valence-corrected chi connectivity index (χ1v) is 11.8. The number of amides is 1. The molecule has 1 unspecified atom stereocenters. The average Bonchev–Trinajstić information content (AvgIpc) is 2.68. The van der Waals surface area contributed by atoms with Gasteiger partial charge in [-0.15, -0.1) is 0 Å². The van der Waals surface area contributed by atoms with Crippen LogP contribution in [0.3, 0.4) is 0 Å². The SMILES string of the molecule is CCC1CCCCN1C(=O)CSc1nc2ccc(Br)cc2c(=O)n1CC(C)C. The molecule has 1 aromatic carbocycles. The monoisotopic (exact) mass is 465 g/mol. The highest BCUT2D eigenvalue weighted by molar-refractivity contribution is 9.10. The molecule has 2 aromatic rings. The van der Waals surface area contributed by atoms with Gasteiger partial charge >= 0.3 is 0 Å². The Hall–Kier alpha value is -1.34. The molecule has 1 amide bonds. The second-order valence-electron chi connectivity index (χ2n) is 7.80. The van der Waals surface area contributed by atoms with Gasteiger partial charge in [0.05, 0.1) is 16.7 Å². The lowest BCUT2D eigenvalue weighted by Crippen LogP contribution is -2.44. The van der Waals surface area contributed by atoms with Crippen molar-refractivity contribution in [1.29, 1.82) is 0 Å². The van der Waals surface area contributed by atoms with Crippen molar-refractivity contribution < 1.29 is 4.79 Å². The number of nitrogens with zero attached hydrogens (tertiary/aromatic N) is 3. The summed E-state index contributed by atoms with van der Waals surface area (Å²) in [6.07, 6.45) is 4.37. The van der Waals surface area contributed by atoms with Crippen LogP contribution >= 0.6 is 27.7 Å². The first kappa shape index (κ1) is 21.4.